The second-order valence-electron chi connectivity index (χ2n) is 5.91. The van der Waals surface area contributed by atoms with Crippen molar-refractivity contribution in [2.75, 3.05) is 13.1 Å². The molecular weight excluding hydrogens is 232 g/mol. The summed E-state index contributed by atoms with van der Waals surface area (Å²) in [5.41, 5.74) is 1.31. The summed E-state index contributed by atoms with van der Waals surface area (Å²) in [6.45, 7) is 9.34. The molecule has 1 atom stereocenters. The molecule has 1 aliphatic rings. The standard InChI is InChI=1S/C13H22N2OS/c1-13(2,3)11-9-17-12(14-11)8-15-6-4-5-10(16)7-15/h9-10,16H,4-8H2,1-3H3. The Kier molecular flexibility index (Phi) is 3.85. The Morgan fingerprint density at radius 2 is 2.29 bits per heavy atom. The van der Waals surface area contributed by atoms with Crippen molar-refractivity contribution in [3.05, 3.63) is 16.1 Å². The predicted molar refractivity (Wildman–Crippen MR) is 71.3 cm³/mol. The monoisotopic (exact) mass is 254 g/mol. The molecule has 2 rings (SSSR count). The summed E-state index contributed by atoms with van der Waals surface area (Å²) in [7, 11) is 0. The van der Waals surface area contributed by atoms with Crippen LogP contribution in [0.25, 0.3) is 0 Å². The molecule has 0 radical (unpaired) electrons. The summed E-state index contributed by atoms with van der Waals surface area (Å²) in [6, 6.07) is 0. The van der Waals surface area contributed by atoms with Crippen LogP contribution in [0.15, 0.2) is 5.38 Å². The molecule has 0 saturated carbocycles. The van der Waals surface area contributed by atoms with Gasteiger partial charge < -0.3 is 5.11 Å². The van der Waals surface area contributed by atoms with Gasteiger partial charge in [-0.05, 0) is 19.4 Å². The smallest absolute Gasteiger partial charge is 0.107 e. The van der Waals surface area contributed by atoms with E-state index in [2.05, 4.69) is 31.1 Å². The second-order valence-corrected chi connectivity index (χ2v) is 6.85. The van der Waals surface area contributed by atoms with Crippen molar-refractivity contribution in [1.29, 1.82) is 0 Å². The van der Waals surface area contributed by atoms with E-state index in [4.69, 9.17) is 4.98 Å². The number of hydrogen-bond acceptors (Lipinski definition) is 4. The zero-order valence-corrected chi connectivity index (χ0v) is 11.8. The molecule has 1 saturated heterocycles. The molecule has 4 heteroatoms. The van der Waals surface area contributed by atoms with Crippen LogP contribution in [0.2, 0.25) is 0 Å². The van der Waals surface area contributed by atoms with E-state index in [1.165, 1.54) is 10.7 Å². The van der Waals surface area contributed by atoms with Crippen LogP contribution >= 0.6 is 11.3 Å². The molecule has 1 unspecified atom stereocenters. The van der Waals surface area contributed by atoms with E-state index in [-0.39, 0.29) is 11.5 Å². The topological polar surface area (TPSA) is 36.4 Å². The van der Waals surface area contributed by atoms with Crippen molar-refractivity contribution >= 4 is 11.3 Å². The van der Waals surface area contributed by atoms with E-state index in [9.17, 15) is 5.11 Å². The van der Waals surface area contributed by atoms with Crippen LogP contribution in [-0.2, 0) is 12.0 Å². The molecule has 1 aliphatic heterocycles. The fourth-order valence-electron chi connectivity index (χ4n) is 2.09. The van der Waals surface area contributed by atoms with Crippen LogP contribution in [0.4, 0.5) is 0 Å². The largest absolute Gasteiger partial charge is 0.392 e. The van der Waals surface area contributed by atoms with Gasteiger partial charge in [0.25, 0.3) is 0 Å². The van der Waals surface area contributed by atoms with E-state index in [0.717, 1.165) is 32.5 Å². The van der Waals surface area contributed by atoms with E-state index < -0.39 is 0 Å². The van der Waals surface area contributed by atoms with Gasteiger partial charge in [0.15, 0.2) is 0 Å². The molecular formula is C13H22N2OS. The van der Waals surface area contributed by atoms with Gasteiger partial charge in [-0.3, -0.25) is 4.90 Å². The number of aliphatic hydroxyl groups is 1. The quantitative estimate of drug-likeness (QED) is 0.880. The summed E-state index contributed by atoms with van der Waals surface area (Å²) in [5, 5.41) is 13.0. The zero-order chi connectivity index (χ0) is 12.5. The maximum Gasteiger partial charge on any atom is 0.107 e. The normalized spacial score (nSPS) is 22.9. The number of rotatable bonds is 2. The van der Waals surface area contributed by atoms with Crippen LogP contribution < -0.4 is 0 Å². The van der Waals surface area contributed by atoms with Gasteiger partial charge in [0.05, 0.1) is 18.3 Å². The Hall–Kier alpha value is -0.450. The average Bonchev–Trinajstić information content (AvgIpc) is 2.65. The summed E-state index contributed by atoms with van der Waals surface area (Å²) < 4.78 is 0. The molecule has 0 spiro atoms. The van der Waals surface area contributed by atoms with Gasteiger partial charge in [-0.25, -0.2) is 4.98 Å². The lowest BCUT2D eigenvalue weighted by atomic mass is 9.93. The van der Waals surface area contributed by atoms with Crippen molar-refractivity contribution in [2.24, 2.45) is 0 Å². The minimum atomic E-state index is -0.147. The maximum atomic E-state index is 9.63. The first-order valence-electron chi connectivity index (χ1n) is 6.30. The number of β-amino-alcohol motifs (C(OH)–C–C–N with tert-alkyl or cyclic N) is 1. The van der Waals surface area contributed by atoms with Crippen LogP contribution in [-0.4, -0.2) is 34.2 Å². The first-order chi connectivity index (χ1) is 7.95. The summed E-state index contributed by atoms with van der Waals surface area (Å²) in [4.78, 5) is 7.00. The molecule has 1 aromatic rings. The Morgan fingerprint density at radius 1 is 1.53 bits per heavy atom. The van der Waals surface area contributed by atoms with Crippen molar-refractivity contribution in [3.8, 4) is 0 Å². The molecule has 0 amide bonds. The number of aromatic nitrogens is 1. The molecule has 17 heavy (non-hydrogen) atoms. The first-order valence-corrected chi connectivity index (χ1v) is 7.18. The number of hydrogen-bond donors (Lipinski definition) is 1. The highest BCUT2D eigenvalue weighted by atomic mass is 32.1. The highest BCUT2D eigenvalue weighted by Gasteiger charge is 2.21. The molecule has 0 bridgehead atoms. The Balaban J connectivity index is 1.97. The number of thiazole rings is 1. The van der Waals surface area contributed by atoms with Crippen molar-refractivity contribution in [2.45, 2.75) is 51.7 Å². The van der Waals surface area contributed by atoms with Gasteiger partial charge >= 0.3 is 0 Å². The second kappa shape index (κ2) is 5.04. The number of nitrogens with zero attached hydrogens (tertiary/aromatic N) is 2. The Bertz CT molecular complexity index is 370. The third-order valence-corrected chi connectivity index (χ3v) is 3.99. The zero-order valence-electron chi connectivity index (χ0n) is 10.9. The molecule has 2 heterocycles. The van der Waals surface area contributed by atoms with Crippen molar-refractivity contribution in [1.82, 2.24) is 9.88 Å². The van der Waals surface area contributed by atoms with Gasteiger partial charge in [0, 0.05) is 17.3 Å². The lowest BCUT2D eigenvalue weighted by molar-refractivity contribution is 0.0667. The van der Waals surface area contributed by atoms with Gasteiger partial charge in [-0.1, -0.05) is 20.8 Å². The lowest BCUT2D eigenvalue weighted by Crippen LogP contribution is -2.37. The predicted octanol–water partition coefficient (Wildman–Crippen LogP) is 2.40. The molecule has 0 aliphatic carbocycles. The van der Waals surface area contributed by atoms with Gasteiger partial charge in [-0.2, -0.15) is 0 Å². The minimum Gasteiger partial charge on any atom is -0.392 e. The van der Waals surface area contributed by atoms with Crippen molar-refractivity contribution < 1.29 is 5.11 Å². The van der Waals surface area contributed by atoms with Crippen LogP contribution in [0.3, 0.4) is 0 Å². The third kappa shape index (κ3) is 3.50. The molecule has 96 valence electrons. The van der Waals surface area contributed by atoms with Crippen molar-refractivity contribution in [3.63, 3.8) is 0 Å². The number of likely N-dealkylation sites (tertiary alicyclic amines) is 1. The summed E-state index contributed by atoms with van der Waals surface area (Å²) in [6.07, 6.45) is 1.89. The van der Waals surface area contributed by atoms with Gasteiger partial charge in [0.2, 0.25) is 0 Å². The highest BCUT2D eigenvalue weighted by Crippen LogP contribution is 2.25. The number of piperidine rings is 1. The highest BCUT2D eigenvalue weighted by molar-refractivity contribution is 7.09. The Labute approximate surface area is 107 Å². The molecule has 0 aromatic carbocycles. The number of aliphatic hydroxyl groups excluding tert-OH is 1. The van der Waals surface area contributed by atoms with E-state index in [1.807, 2.05) is 0 Å². The molecule has 1 aromatic heterocycles. The van der Waals surface area contributed by atoms with E-state index in [1.54, 1.807) is 11.3 Å². The van der Waals surface area contributed by atoms with Gasteiger partial charge in [0.1, 0.15) is 5.01 Å². The lowest BCUT2D eigenvalue weighted by Gasteiger charge is -2.29. The van der Waals surface area contributed by atoms with Crippen LogP contribution in [0.1, 0.15) is 44.3 Å². The van der Waals surface area contributed by atoms with Gasteiger partial charge in [-0.15, -0.1) is 11.3 Å². The average molecular weight is 254 g/mol. The summed E-state index contributed by atoms with van der Waals surface area (Å²) >= 11 is 1.74. The Morgan fingerprint density at radius 3 is 2.88 bits per heavy atom. The first kappa shape index (κ1) is 13.0. The minimum absolute atomic E-state index is 0.135. The maximum absolute atomic E-state index is 9.63. The van der Waals surface area contributed by atoms with E-state index in [0.29, 0.717) is 0 Å². The fraction of sp³-hybridized carbons (Fsp3) is 0.769. The third-order valence-electron chi connectivity index (χ3n) is 3.16. The van der Waals surface area contributed by atoms with Crippen LogP contribution in [0, 0.1) is 0 Å². The molecule has 1 fully saturated rings. The van der Waals surface area contributed by atoms with Crippen LogP contribution in [0.5, 0.6) is 0 Å². The molecule has 3 nitrogen and oxygen atoms in total. The SMILES string of the molecule is CC(C)(C)c1csc(CN2CCCC(O)C2)n1. The summed E-state index contributed by atoms with van der Waals surface area (Å²) in [5.74, 6) is 0. The molecule has 1 N–H and O–H groups in total. The fourth-order valence-corrected chi connectivity index (χ4v) is 3.16. The van der Waals surface area contributed by atoms with E-state index >= 15 is 0 Å².